The van der Waals surface area contributed by atoms with Gasteiger partial charge in [-0.15, -0.1) is 0 Å². The van der Waals surface area contributed by atoms with E-state index < -0.39 is 23.8 Å². The van der Waals surface area contributed by atoms with Crippen LogP contribution in [0.5, 0.6) is 0 Å². The minimum Gasteiger partial charge on any atom is -0.480 e. The number of carboxylic acids is 1. The molecular formula is C8H7Cl2NO4S. The van der Waals surface area contributed by atoms with Gasteiger partial charge < -0.3 is 5.11 Å². The topological polar surface area (TPSA) is 77.8 Å². The molecule has 0 spiro atoms. The maximum Gasteiger partial charge on any atom is 0.324 e. The fourth-order valence-electron chi connectivity index (χ4n) is 1.000. The maximum absolute atomic E-state index is 10.9. The van der Waals surface area contributed by atoms with Gasteiger partial charge in [0.2, 0.25) is 0 Å². The average molecular weight is 284 g/mol. The molecule has 16 heavy (non-hydrogen) atoms. The normalized spacial score (nSPS) is 12.2. The van der Waals surface area contributed by atoms with E-state index in [0.717, 1.165) is 4.31 Å². The van der Waals surface area contributed by atoms with Crippen LogP contribution in [0.3, 0.4) is 0 Å². The highest BCUT2D eigenvalue weighted by molar-refractivity contribution is 7.80. The second kappa shape index (κ2) is 5.49. The standard InChI is InChI=1S/C8H7Cl2NO4S/c9-6-2-1-5(3-7(6)10)11(16(14)15)4-8(12)13/h1-3H,4H2,(H,12,13)(H,14,15). The van der Waals surface area contributed by atoms with Crippen molar-refractivity contribution in [1.29, 1.82) is 0 Å². The molecule has 0 aliphatic heterocycles. The van der Waals surface area contributed by atoms with E-state index >= 15 is 0 Å². The highest BCUT2D eigenvalue weighted by Gasteiger charge is 2.16. The number of aliphatic carboxylic acids is 1. The minimum atomic E-state index is -2.44. The summed E-state index contributed by atoms with van der Waals surface area (Å²) in [6.45, 7) is -0.610. The van der Waals surface area contributed by atoms with Crippen molar-refractivity contribution in [2.45, 2.75) is 0 Å². The quantitative estimate of drug-likeness (QED) is 0.829. The van der Waals surface area contributed by atoms with Crippen LogP contribution >= 0.6 is 23.2 Å². The van der Waals surface area contributed by atoms with Gasteiger partial charge >= 0.3 is 5.97 Å². The molecule has 0 saturated carbocycles. The van der Waals surface area contributed by atoms with E-state index in [-0.39, 0.29) is 15.7 Å². The van der Waals surface area contributed by atoms with Crippen LogP contribution in [0.4, 0.5) is 5.69 Å². The molecule has 0 saturated heterocycles. The van der Waals surface area contributed by atoms with Crippen molar-refractivity contribution in [3.8, 4) is 0 Å². The Kier molecular flexibility index (Phi) is 4.55. The Morgan fingerprint density at radius 3 is 2.44 bits per heavy atom. The zero-order chi connectivity index (χ0) is 12.3. The predicted molar refractivity (Wildman–Crippen MR) is 62.2 cm³/mol. The van der Waals surface area contributed by atoms with Crippen molar-refractivity contribution in [3.05, 3.63) is 28.2 Å². The van der Waals surface area contributed by atoms with Gasteiger partial charge in [0.25, 0.3) is 11.3 Å². The fraction of sp³-hybridized carbons (Fsp3) is 0.125. The fourth-order valence-corrected chi connectivity index (χ4v) is 1.81. The average Bonchev–Trinajstić information content (AvgIpc) is 2.18. The first-order valence-electron chi connectivity index (χ1n) is 3.97. The number of carboxylic acid groups (broad SMARTS) is 1. The number of benzene rings is 1. The molecule has 1 aromatic rings. The predicted octanol–water partition coefficient (Wildman–Crippen LogP) is 2.02. The Hall–Kier alpha value is -0.820. The molecule has 0 aromatic heterocycles. The minimum absolute atomic E-state index is 0.181. The molecule has 0 aliphatic carbocycles. The van der Waals surface area contributed by atoms with Crippen molar-refractivity contribution in [2.75, 3.05) is 10.8 Å². The van der Waals surface area contributed by atoms with E-state index in [1.54, 1.807) is 0 Å². The van der Waals surface area contributed by atoms with Crippen LogP contribution in [0.25, 0.3) is 0 Å². The first kappa shape index (κ1) is 13.2. The molecular weight excluding hydrogens is 277 g/mol. The van der Waals surface area contributed by atoms with E-state index in [4.69, 9.17) is 32.9 Å². The van der Waals surface area contributed by atoms with E-state index in [2.05, 4.69) is 0 Å². The molecule has 2 N–H and O–H groups in total. The van der Waals surface area contributed by atoms with Crippen LogP contribution in [0.2, 0.25) is 10.0 Å². The summed E-state index contributed by atoms with van der Waals surface area (Å²) < 4.78 is 20.6. The number of carbonyl (C=O) groups is 1. The largest absolute Gasteiger partial charge is 0.480 e. The molecule has 1 unspecified atom stereocenters. The molecule has 0 aliphatic rings. The van der Waals surface area contributed by atoms with Crippen molar-refractivity contribution in [2.24, 2.45) is 0 Å². The summed E-state index contributed by atoms with van der Waals surface area (Å²) in [6, 6.07) is 4.15. The second-order valence-electron chi connectivity index (χ2n) is 2.76. The van der Waals surface area contributed by atoms with Crippen LogP contribution in [0.15, 0.2) is 18.2 Å². The molecule has 8 heteroatoms. The van der Waals surface area contributed by atoms with Gasteiger partial charge in [-0.05, 0) is 18.2 Å². The van der Waals surface area contributed by atoms with Gasteiger partial charge in [-0.1, -0.05) is 23.2 Å². The molecule has 88 valence electrons. The lowest BCUT2D eigenvalue weighted by atomic mass is 10.3. The lowest BCUT2D eigenvalue weighted by molar-refractivity contribution is -0.135. The molecule has 1 atom stereocenters. The molecule has 0 fully saturated rings. The summed E-state index contributed by atoms with van der Waals surface area (Å²) in [6.07, 6.45) is 0. The Bertz CT molecular complexity index is 440. The zero-order valence-electron chi connectivity index (χ0n) is 7.76. The third-order valence-corrected chi connectivity index (χ3v) is 3.11. The molecule has 0 amide bonds. The zero-order valence-corrected chi connectivity index (χ0v) is 10.1. The van der Waals surface area contributed by atoms with Crippen LogP contribution < -0.4 is 4.31 Å². The summed E-state index contributed by atoms with van der Waals surface area (Å²) in [7, 11) is 0. The first-order chi connectivity index (χ1) is 7.41. The summed E-state index contributed by atoms with van der Waals surface area (Å²) in [5, 5.41) is 9.03. The Morgan fingerprint density at radius 2 is 2.00 bits per heavy atom. The van der Waals surface area contributed by atoms with Gasteiger partial charge in [-0.25, -0.2) is 4.21 Å². The van der Waals surface area contributed by atoms with Gasteiger partial charge in [0.15, 0.2) is 0 Å². The Balaban J connectivity index is 3.06. The van der Waals surface area contributed by atoms with Gasteiger partial charge in [-0.2, -0.15) is 0 Å². The number of hydrogen-bond donors (Lipinski definition) is 2. The summed E-state index contributed by atoms with van der Waals surface area (Å²) in [5.41, 5.74) is 0.206. The Morgan fingerprint density at radius 1 is 1.38 bits per heavy atom. The summed E-state index contributed by atoms with van der Waals surface area (Å²) >= 11 is 8.94. The molecule has 0 heterocycles. The van der Waals surface area contributed by atoms with Crippen molar-refractivity contribution < 1.29 is 18.7 Å². The van der Waals surface area contributed by atoms with E-state index in [0.29, 0.717) is 0 Å². The number of halogens is 2. The van der Waals surface area contributed by atoms with Crippen LogP contribution in [0, 0.1) is 0 Å². The summed E-state index contributed by atoms with van der Waals surface area (Å²) in [5.74, 6) is -1.23. The number of nitrogens with zero attached hydrogens (tertiary/aromatic N) is 1. The van der Waals surface area contributed by atoms with Crippen LogP contribution in [-0.2, 0) is 16.1 Å². The van der Waals surface area contributed by atoms with Crippen molar-refractivity contribution >= 4 is 46.1 Å². The van der Waals surface area contributed by atoms with Gasteiger partial charge in [0.05, 0.1) is 15.7 Å². The summed E-state index contributed by atoms with van der Waals surface area (Å²) in [4.78, 5) is 10.5. The van der Waals surface area contributed by atoms with E-state index in [1.807, 2.05) is 0 Å². The Labute approximate surface area is 104 Å². The first-order valence-corrected chi connectivity index (χ1v) is 5.79. The molecule has 5 nitrogen and oxygen atoms in total. The monoisotopic (exact) mass is 283 g/mol. The smallest absolute Gasteiger partial charge is 0.324 e. The third-order valence-electron chi connectivity index (χ3n) is 1.66. The molecule has 0 radical (unpaired) electrons. The molecule has 1 aromatic carbocycles. The van der Waals surface area contributed by atoms with Crippen molar-refractivity contribution in [1.82, 2.24) is 0 Å². The molecule has 1 rings (SSSR count). The van der Waals surface area contributed by atoms with Gasteiger partial charge in [0, 0.05) is 0 Å². The van der Waals surface area contributed by atoms with E-state index in [1.165, 1.54) is 18.2 Å². The van der Waals surface area contributed by atoms with Crippen LogP contribution in [0.1, 0.15) is 0 Å². The third kappa shape index (κ3) is 3.34. The number of hydrogen-bond acceptors (Lipinski definition) is 2. The van der Waals surface area contributed by atoms with Crippen LogP contribution in [-0.4, -0.2) is 26.4 Å². The van der Waals surface area contributed by atoms with E-state index in [9.17, 15) is 9.00 Å². The highest BCUT2D eigenvalue weighted by Crippen LogP contribution is 2.27. The number of anilines is 1. The maximum atomic E-state index is 10.9. The number of rotatable bonds is 4. The second-order valence-corrected chi connectivity index (χ2v) is 4.48. The van der Waals surface area contributed by atoms with Gasteiger partial charge in [0.1, 0.15) is 6.54 Å². The van der Waals surface area contributed by atoms with Gasteiger partial charge in [-0.3, -0.25) is 13.7 Å². The molecule has 0 bridgehead atoms. The van der Waals surface area contributed by atoms with Crippen molar-refractivity contribution in [3.63, 3.8) is 0 Å². The lowest BCUT2D eigenvalue weighted by Crippen LogP contribution is -2.31. The highest BCUT2D eigenvalue weighted by atomic mass is 35.5. The SMILES string of the molecule is O=C(O)CN(c1ccc(Cl)c(Cl)c1)S(=O)O. The lowest BCUT2D eigenvalue weighted by Gasteiger charge is -2.17.